The van der Waals surface area contributed by atoms with Crippen LogP contribution in [-0.4, -0.2) is 85.4 Å². The van der Waals surface area contributed by atoms with Gasteiger partial charge in [-0.3, -0.25) is 19.9 Å². The average molecular weight is 507 g/mol. The van der Waals surface area contributed by atoms with E-state index in [1.807, 2.05) is 19.0 Å². The summed E-state index contributed by atoms with van der Waals surface area (Å²) in [6, 6.07) is 7.69. The van der Waals surface area contributed by atoms with Gasteiger partial charge in [-0.15, -0.1) is 0 Å². The predicted octanol–water partition coefficient (Wildman–Crippen LogP) is 2.41. The van der Waals surface area contributed by atoms with Crippen LogP contribution in [0, 0.1) is 15.9 Å². The van der Waals surface area contributed by atoms with Gasteiger partial charge in [0.25, 0.3) is 0 Å². The van der Waals surface area contributed by atoms with Crippen LogP contribution in [0.3, 0.4) is 0 Å². The molecule has 11 nitrogen and oxygen atoms in total. The molecule has 2 aliphatic heterocycles. The maximum Gasteiger partial charge on any atom is 0.433 e. The number of anilines is 2. The first kappa shape index (κ1) is 24.7. The molecule has 0 aliphatic carbocycles. The summed E-state index contributed by atoms with van der Waals surface area (Å²) < 4.78 is 25.6. The minimum Gasteiger partial charge on any atom is -0.442 e. The van der Waals surface area contributed by atoms with Crippen LogP contribution >= 0.6 is 12.2 Å². The van der Waals surface area contributed by atoms with Gasteiger partial charge in [-0.25, -0.2) is 9.18 Å². The molecule has 2 aromatic rings. The number of thiocarbonyl (C=S) groups is 1. The van der Waals surface area contributed by atoms with Crippen molar-refractivity contribution in [1.82, 2.24) is 15.1 Å². The normalized spacial score (nSPS) is 18.5. The van der Waals surface area contributed by atoms with Gasteiger partial charge in [0.15, 0.2) is 5.11 Å². The molecule has 1 aromatic heterocycles. The molecule has 1 aromatic carbocycles. The Morgan fingerprint density at radius 3 is 2.63 bits per heavy atom. The van der Waals surface area contributed by atoms with Gasteiger partial charge < -0.3 is 24.3 Å². The molecule has 3 heterocycles. The van der Waals surface area contributed by atoms with Crippen molar-refractivity contribution in [3.63, 3.8) is 0 Å². The van der Waals surface area contributed by atoms with E-state index in [1.165, 1.54) is 17.0 Å². The Labute approximate surface area is 207 Å². The molecule has 4 rings (SSSR count). The molecular formula is C22H27FN6O5S. The standard InChI is InChI=1S/C22H27FN6O5S/c1-25(2)21(35)24-12-17-14-28(22(30)34-17)15-3-5-19(18(23)11-15)27-9-7-26(8-10-27)13-16-4-6-20(33-16)29(31)32/h3-6,11,17H,7-10,12-14H2,1-2H3,(H,24,35). The monoisotopic (exact) mass is 506 g/mol. The lowest BCUT2D eigenvalue weighted by Crippen LogP contribution is -2.46. The van der Waals surface area contributed by atoms with Gasteiger partial charge >= 0.3 is 12.0 Å². The zero-order valence-electron chi connectivity index (χ0n) is 19.5. The SMILES string of the molecule is CN(C)C(=S)NCC1CN(c2ccc(N3CCN(Cc4ccc([N+](=O)[O-])o4)CC3)c(F)c2)C(=O)O1. The van der Waals surface area contributed by atoms with Crippen molar-refractivity contribution in [3.8, 4) is 0 Å². The second kappa shape index (κ2) is 10.4. The van der Waals surface area contributed by atoms with Crippen molar-refractivity contribution in [3.05, 3.63) is 52.0 Å². The summed E-state index contributed by atoms with van der Waals surface area (Å²) in [5.74, 6) is -0.168. The lowest BCUT2D eigenvalue weighted by Gasteiger charge is -2.36. The smallest absolute Gasteiger partial charge is 0.433 e. The van der Waals surface area contributed by atoms with E-state index < -0.39 is 22.9 Å². The zero-order chi connectivity index (χ0) is 25.1. The van der Waals surface area contributed by atoms with E-state index in [9.17, 15) is 14.9 Å². The van der Waals surface area contributed by atoms with Crippen LogP contribution in [0.15, 0.2) is 34.7 Å². The zero-order valence-corrected chi connectivity index (χ0v) is 20.3. The van der Waals surface area contributed by atoms with E-state index in [-0.39, 0.29) is 5.88 Å². The van der Waals surface area contributed by atoms with Crippen LogP contribution in [-0.2, 0) is 11.3 Å². The van der Waals surface area contributed by atoms with E-state index in [0.717, 1.165) is 0 Å². The summed E-state index contributed by atoms with van der Waals surface area (Å²) in [4.78, 5) is 29.8. The van der Waals surface area contributed by atoms with E-state index >= 15 is 4.39 Å². The number of carbonyl (C=O) groups excluding carboxylic acids is 1. The number of hydrogen-bond donors (Lipinski definition) is 1. The second-order valence-electron chi connectivity index (χ2n) is 8.59. The number of carbonyl (C=O) groups is 1. The highest BCUT2D eigenvalue weighted by Gasteiger charge is 2.33. The molecular weight excluding hydrogens is 479 g/mol. The molecule has 1 unspecified atom stereocenters. The molecule has 13 heteroatoms. The fourth-order valence-corrected chi connectivity index (χ4v) is 4.12. The van der Waals surface area contributed by atoms with E-state index in [4.69, 9.17) is 21.4 Å². The van der Waals surface area contributed by atoms with Crippen LogP contribution in [0.4, 0.5) is 26.4 Å². The molecule has 1 amide bonds. The van der Waals surface area contributed by atoms with Crippen LogP contribution < -0.4 is 15.1 Å². The molecule has 0 spiro atoms. The summed E-state index contributed by atoms with van der Waals surface area (Å²) in [6.07, 6.45) is -0.918. The second-order valence-corrected chi connectivity index (χ2v) is 8.98. The maximum absolute atomic E-state index is 15.0. The largest absolute Gasteiger partial charge is 0.442 e. The highest BCUT2D eigenvalue weighted by molar-refractivity contribution is 7.80. The Bertz CT molecular complexity index is 1100. The van der Waals surface area contributed by atoms with Gasteiger partial charge in [-0.1, -0.05) is 0 Å². The molecule has 0 saturated carbocycles. The highest BCUT2D eigenvalue weighted by atomic mass is 32.1. The number of nitro groups is 1. The first-order valence-corrected chi connectivity index (χ1v) is 11.6. The summed E-state index contributed by atoms with van der Waals surface area (Å²) in [5, 5.41) is 14.4. The van der Waals surface area contributed by atoms with Crippen LogP contribution in [0.5, 0.6) is 0 Å². The molecule has 0 bridgehead atoms. The molecule has 2 fully saturated rings. The fraction of sp³-hybridized carbons (Fsp3) is 0.455. The summed E-state index contributed by atoms with van der Waals surface area (Å²) in [6.45, 7) is 3.60. The Morgan fingerprint density at radius 2 is 2.00 bits per heavy atom. The van der Waals surface area contributed by atoms with Gasteiger partial charge in [0, 0.05) is 40.3 Å². The van der Waals surface area contributed by atoms with E-state index in [0.29, 0.717) is 68.1 Å². The van der Waals surface area contributed by atoms with Gasteiger partial charge in [0.2, 0.25) is 0 Å². The Hall–Kier alpha value is -3.45. The first-order valence-electron chi connectivity index (χ1n) is 11.1. The number of hydrogen-bond acceptors (Lipinski definition) is 8. The topological polar surface area (TPSA) is 108 Å². The van der Waals surface area contributed by atoms with E-state index in [2.05, 4.69) is 10.2 Å². The van der Waals surface area contributed by atoms with Crippen molar-refractivity contribution >= 4 is 40.7 Å². The average Bonchev–Trinajstić information content (AvgIpc) is 3.44. The molecule has 2 aliphatic rings. The molecule has 2 saturated heterocycles. The number of piperazine rings is 1. The minimum atomic E-state index is -0.562. The lowest BCUT2D eigenvalue weighted by molar-refractivity contribution is -0.402. The third-order valence-electron chi connectivity index (χ3n) is 5.92. The lowest BCUT2D eigenvalue weighted by atomic mass is 10.2. The number of amides is 1. The van der Waals surface area contributed by atoms with Gasteiger partial charge in [-0.2, -0.15) is 0 Å². The summed E-state index contributed by atoms with van der Waals surface area (Å²) >= 11 is 5.18. The number of nitrogens with one attached hydrogen (secondary N) is 1. The van der Waals surface area contributed by atoms with Crippen molar-refractivity contribution in [2.24, 2.45) is 0 Å². The number of nitrogens with zero attached hydrogens (tertiary/aromatic N) is 5. The Kier molecular flexibility index (Phi) is 7.36. The molecule has 1 N–H and O–H groups in total. The number of benzene rings is 1. The quantitative estimate of drug-likeness (QED) is 0.342. The van der Waals surface area contributed by atoms with Crippen molar-refractivity contribution < 1.29 is 23.3 Å². The van der Waals surface area contributed by atoms with Crippen LogP contribution in [0.2, 0.25) is 0 Å². The number of ether oxygens (including phenoxy) is 1. The maximum atomic E-state index is 15.0. The van der Waals surface area contributed by atoms with Crippen molar-refractivity contribution in [1.29, 1.82) is 0 Å². The van der Waals surface area contributed by atoms with Crippen molar-refractivity contribution in [2.45, 2.75) is 12.6 Å². The van der Waals surface area contributed by atoms with E-state index in [1.54, 1.807) is 23.1 Å². The predicted molar refractivity (Wildman–Crippen MR) is 131 cm³/mol. The van der Waals surface area contributed by atoms with Crippen molar-refractivity contribution in [2.75, 3.05) is 63.2 Å². The molecule has 1 atom stereocenters. The van der Waals surface area contributed by atoms with Gasteiger partial charge in [0.05, 0.1) is 37.1 Å². The Balaban J connectivity index is 1.32. The number of halogens is 1. The molecule has 0 radical (unpaired) electrons. The first-order chi connectivity index (χ1) is 16.7. The summed E-state index contributed by atoms with van der Waals surface area (Å²) in [7, 11) is 3.64. The van der Waals surface area contributed by atoms with Gasteiger partial charge in [-0.05, 0) is 36.5 Å². The van der Waals surface area contributed by atoms with Gasteiger partial charge in [0.1, 0.15) is 22.6 Å². The highest BCUT2D eigenvalue weighted by Crippen LogP contribution is 2.29. The van der Waals surface area contributed by atoms with Crippen LogP contribution in [0.1, 0.15) is 5.76 Å². The minimum absolute atomic E-state index is 0.276. The third kappa shape index (κ3) is 5.80. The molecule has 188 valence electrons. The fourth-order valence-electron chi connectivity index (χ4n) is 4.04. The third-order valence-corrected chi connectivity index (χ3v) is 6.43. The molecule has 35 heavy (non-hydrogen) atoms. The van der Waals surface area contributed by atoms with Crippen LogP contribution in [0.25, 0.3) is 0 Å². The summed E-state index contributed by atoms with van der Waals surface area (Å²) in [5.41, 5.74) is 0.899. The number of furan rings is 1. The number of cyclic esters (lactones) is 1. The Morgan fingerprint density at radius 1 is 1.26 bits per heavy atom. The number of rotatable bonds is 7.